The predicted octanol–water partition coefficient (Wildman–Crippen LogP) is 3.22. The zero-order chi connectivity index (χ0) is 12.3. The Bertz CT molecular complexity index is 404. The van der Waals surface area contributed by atoms with E-state index < -0.39 is 17.6 Å². The fourth-order valence-corrected chi connectivity index (χ4v) is 1.10. The van der Waals surface area contributed by atoms with Gasteiger partial charge in [-0.25, -0.2) is 9.78 Å². The maximum atomic E-state index is 12.6. The summed E-state index contributed by atoms with van der Waals surface area (Å²) in [7, 11) is 0. The quantitative estimate of drug-likeness (QED) is 0.774. The number of hydrogen-bond donors (Lipinski definition) is 1. The number of carbonyl (C=O) groups excluding carboxylic acids is 1. The van der Waals surface area contributed by atoms with E-state index in [1.807, 2.05) is 0 Å². The molecular weight excluding hydrogens is 235 g/mol. The molecule has 0 unspecified atom stereocenters. The Morgan fingerprint density at radius 2 is 2.19 bits per heavy atom. The predicted molar refractivity (Wildman–Crippen MR) is 59.1 cm³/mol. The van der Waals surface area contributed by atoms with Crippen molar-refractivity contribution in [1.29, 1.82) is 0 Å². The van der Waals surface area contributed by atoms with Crippen molar-refractivity contribution in [3.05, 3.63) is 23.2 Å². The smallest absolute Gasteiger partial charge is 0.412 e. The molecule has 0 saturated carbocycles. The zero-order valence-electron chi connectivity index (χ0n) is 9.17. The van der Waals surface area contributed by atoms with Gasteiger partial charge in [-0.3, -0.25) is 5.32 Å². The number of anilines is 1. The molecule has 0 aromatic carbocycles. The summed E-state index contributed by atoms with van der Waals surface area (Å²) in [4.78, 5) is 14.7. The first-order valence-corrected chi connectivity index (χ1v) is 4.97. The van der Waals surface area contributed by atoms with Crippen molar-refractivity contribution < 1.29 is 13.9 Å². The van der Waals surface area contributed by atoms with E-state index in [-0.39, 0.29) is 10.7 Å². The van der Waals surface area contributed by atoms with Gasteiger partial charge in [-0.05, 0) is 20.8 Å². The first kappa shape index (κ1) is 12.7. The Balaban J connectivity index is 2.70. The molecule has 1 heterocycles. The standard InChI is InChI=1S/C10H12ClFN2O2/c1-10(2,3)16-9(15)14-7-5-13-8(12)4-6(7)11/h4-5H,1-3H3,(H,14,15). The van der Waals surface area contributed by atoms with E-state index in [1.165, 1.54) is 0 Å². The van der Waals surface area contributed by atoms with Crippen LogP contribution in [-0.4, -0.2) is 16.7 Å². The molecule has 0 spiro atoms. The zero-order valence-corrected chi connectivity index (χ0v) is 9.93. The van der Waals surface area contributed by atoms with Crippen LogP contribution in [-0.2, 0) is 4.74 Å². The van der Waals surface area contributed by atoms with Gasteiger partial charge in [0, 0.05) is 6.07 Å². The molecule has 0 bridgehead atoms. The maximum absolute atomic E-state index is 12.6. The lowest BCUT2D eigenvalue weighted by molar-refractivity contribution is 0.0636. The minimum atomic E-state index is -0.709. The van der Waals surface area contributed by atoms with Gasteiger partial charge in [0.05, 0.1) is 16.9 Å². The summed E-state index contributed by atoms with van der Waals surface area (Å²) < 4.78 is 17.6. The molecule has 16 heavy (non-hydrogen) atoms. The van der Waals surface area contributed by atoms with Crippen LogP contribution in [0.15, 0.2) is 12.3 Å². The summed E-state index contributed by atoms with van der Waals surface area (Å²) in [5.74, 6) is -0.709. The van der Waals surface area contributed by atoms with E-state index in [9.17, 15) is 9.18 Å². The monoisotopic (exact) mass is 246 g/mol. The number of carbonyl (C=O) groups is 1. The van der Waals surface area contributed by atoms with Crippen LogP contribution in [0.25, 0.3) is 0 Å². The molecule has 6 heteroatoms. The number of hydrogen-bond acceptors (Lipinski definition) is 3. The van der Waals surface area contributed by atoms with E-state index in [4.69, 9.17) is 16.3 Å². The first-order valence-electron chi connectivity index (χ1n) is 4.59. The maximum Gasteiger partial charge on any atom is 0.412 e. The Hall–Kier alpha value is -1.36. The largest absolute Gasteiger partial charge is 0.444 e. The lowest BCUT2D eigenvalue weighted by Crippen LogP contribution is -2.27. The summed E-state index contributed by atoms with van der Waals surface area (Å²) in [5.41, 5.74) is -0.401. The number of ether oxygens (including phenoxy) is 1. The third-order valence-electron chi connectivity index (χ3n) is 1.46. The average molecular weight is 247 g/mol. The number of pyridine rings is 1. The highest BCUT2D eigenvalue weighted by atomic mass is 35.5. The first-order chi connectivity index (χ1) is 7.28. The molecule has 0 aliphatic heterocycles. The Labute approximate surface area is 97.8 Å². The number of nitrogens with one attached hydrogen (secondary N) is 1. The Morgan fingerprint density at radius 3 is 2.69 bits per heavy atom. The van der Waals surface area contributed by atoms with Crippen LogP contribution in [0.1, 0.15) is 20.8 Å². The van der Waals surface area contributed by atoms with Crippen LogP contribution in [0.5, 0.6) is 0 Å². The van der Waals surface area contributed by atoms with Gasteiger partial charge < -0.3 is 4.74 Å². The summed E-state index contributed by atoms with van der Waals surface area (Å²) in [6, 6.07) is 1.01. The summed E-state index contributed by atoms with van der Waals surface area (Å²) in [5, 5.41) is 2.44. The van der Waals surface area contributed by atoms with Crippen molar-refractivity contribution in [3.63, 3.8) is 0 Å². The molecule has 0 fully saturated rings. The third kappa shape index (κ3) is 4.02. The molecule has 1 amide bonds. The molecular formula is C10H12ClFN2O2. The number of rotatable bonds is 1. The van der Waals surface area contributed by atoms with E-state index >= 15 is 0 Å². The fourth-order valence-electron chi connectivity index (χ4n) is 0.913. The lowest BCUT2D eigenvalue weighted by atomic mass is 10.2. The normalized spacial score (nSPS) is 11.1. The molecule has 0 aliphatic carbocycles. The summed E-state index contributed by atoms with van der Waals surface area (Å²) in [6.07, 6.45) is 0.463. The van der Waals surface area contributed by atoms with Gasteiger partial charge in [-0.15, -0.1) is 0 Å². The minimum Gasteiger partial charge on any atom is -0.444 e. The van der Waals surface area contributed by atoms with Gasteiger partial charge in [-0.1, -0.05) is 11.6 Å². The Kier molecular flexibility index (Phi) is 3.70. The average Bonchev–Trinajstić information content (AvgIpc) is 2.06. The van der Waals surface area contributed by atoms with E-state index in [0.717, 1.165) is 12.3 Å². The van der Waals surface area contributed by atoms with E-state index in [0.29, 0.717) is 0 Å². The Morgan fingerprint density at radius 1 is 1.56 bits per heavy atom. The van der Waals surface area contributed by atoms with Gasteiger partial charge in [0.1, 0.15) is 5.60 Å². The van der Waals surface area contributed by atoms with Crippen LogP contribution >= 0.6 is 11.6 Å². The van der Waals surface area contributed by atoms with Gasteiger partial charge in [-0.2, -0.15) is 4.39 Å². The molecule has 0 radical (unpaired) electrons. The van der Waals surface area contributed by atoms with Crippen molar-refractivity contribution in [3.8, 4) is 0 Å². The van der Waals surface area contributed by atoms with Crippen LogP contribution in [0.4, 0.5) is 14.9 Å². The molecule has 0 aliphatic rings. The van der Waals surface area contributed by atoms with Crippen molar-refractivity contribution in [2.24, 2.45) is 0 Å². The van der Waals surface area contributed by atoms with Crippen molar-refractivity contribution in [1.82, 2.24) is 4.98 Å². The van der Waals surface area contributed by atoms with Gasteiger partial charge in [0.2, 0.25) is 5.95 Å². The lowest BCUT2D eigenvalue weighted by Gasteiger charge is -2.19. The van der Waals surface area contributed by atoms with Crippen molar-refractivity contribution >= 4 is 23.4 Å². The highest BCUT2D eigenvalue weighted by Gasteiger charge is 2.17. The molecule has 0 atom stereocenters. The SMILES string of the molecule is CC(C)(C)OC(=O)Nc1cnc(F)cc1Cl. The summed E-state index contributed by atoms with van der Waals surface area (Å²) >= 11 is 5.69. The second-order valence-electron chi connectivity index (χ2n) is 4.11. The van der Waals surface area contributed by atoms with Gasteiger partial charge in [0.15, 0.2) is 0 Å². The minimum absolute atomic E-state index is 0.0679. The van der Waals surface area contributed by atoms with E-state index in [2.05, 4.69) is 10.3 Å². The molecule has 1 N–H and O–H groups in total. The second-order valence-corrected chi connectivity index (χ2v) is 4.52. The van der Waals surface area contributed by atoms with Gasteiger partial charge in [0.25, 0.3) is 0 Å². The van der Waals surface area contributed by atoms with Crippen molar-refractivity contribution in [2.75, 3.05) is 5.32 Å². The van der Waals surface area contributed by atoms with Crippen LogP contribution in [0.2, 0.25) is 5.02 Å². The third-order valence-corrected chi connectivity index (χ3v) is 1.77. The molecule has 4 nitrogen and oxygen atoms in total. The molecule has 1 aromatic heterocycles. The number of amides is 1. The second kappa shape index (κ2) is 4.65. The van der Waals surface area contributed by atoms with Crippen molar-refractivity contribution in [2.45, 2.75) is 26.4 Å². The number of halogens is 2. The highest BCUT2D eigenvalue weighted by molar-refractivity contribution is 6.33. The van der Waals surface area contributed by atoms with Crippen LogP contribution in [0.3, 0.4) is 0 Å². The number of aromatic nitrogens is 1. The highest BCUT2D eigenvalue weighted by Crippen LogP contribution is 2.21. The fraction of sp³-hybridized carbons (Fsp3) is 0.400. The van der Waals surface area contributed by atoms with E-state index in [1.54, 1.807) is 20.8 Å². The molecule has 0 saturated heterocycles. The molecule has 1 rings (SSSR count). The van der Waals surface area contributed by atoms with Gasteiger partial charge >= 0.3 is 6.09 Å². The molecule has 88 valence electrons. The van der Waals surface area contributed by atoms with Crippen LogP contribution < -0.4 is 5.32 Å². The molecule has 1 aromatic rings. The topological polar surface area (TPSA) is 51.2 Å². The van der Waals surface area contributed by atoms with Crippen LogP contribution in [0, 0.1) is 5.95 Å². The summed E-state index contributed by atoms with van der Waals surface area (Å²) in [6.45, 7) is 5.20. The number of nitrogens with zero attached hydrogens (tertiary/aromatic N) is 1.